The minimum Gasteiger partial charge on any atom is -0.491 e. The molecule has 0 saturated heterocycles. The highest BCUT2D eigenvalue weighted by Gasteiger charge is 2.22. The van der Waals surface area contributed by atoms with E-state index in [-0.39, 0.29) is 62.0 Å². The quantitative estimate of drug-likeness (QED) is 0.0478. The van der Waals surface area contributed by atoms with Crippen molar-refractivity contribution < 1.29 is 33.8 Å². The van der Waals surface area contributed by atoms with Crippen LogP contribution in [0.3, 0.4) is 0 Å². The monoisotopic (exact) mass is 807 g/mol. The number of allylic oxidation sites excluding steroid dienone is 3. The fraction of sp³-hybridized carbons (Fsp3) is 0.282. The summed E-state index contributed by atoms with van der Waals surface area (Å²) >= 11 is 0. The first-order valence-electron chi connectivity index (χ1n) is 18.6. The molecule has 9 N–H and O–H groups in total. The van der Waals surface area contributed by atoms with Gasteiger partial charge in [0.1, 0.15) is 34.8 Å². The van der Waals surface area contributed by atoms with E-state index in [0.717, 1.165) is 0 Å². The van der Waals surface area contributed by atoms with Gasteiger partial charge in [-0.3, -0.25) is 33.9 Å². The number of aromatic nitrogens is 8. The Kier molecular flexibility index (Phi) is 12.6. The molecule has 6 rings (SSSR count). The number of imidazole rings is 2. The number of rotatable bonds is 20. The summed E-state index contributed by atoms with van der Waals surface area (Å²) in [6.07, 6.45) is 10.8. The third-order valence-electron chi connectivity index (χ3n) is 9.05. The zero-order chi connectivity index (χ0) is 42.2. The van der Waals surface area contributed by atoms with Crippen LogP contribution in [-0.2, 0) is 31.0 Å². The lowest BCUT2D eigenvalue weighted by molar-refractivity contribution is -0.137. The number of aliphatic carboxylic acids is 1. The van der Waals surface area contributed by atoms with Gasteiger partial charge in [0.2, 0.25) is 23.7 Å². The SMILES string of the molecule is CCn1nc(C)cc1C(=O)Nc1nc2cc(C(N)=O)cc(OCCCC(=O)O)c2n1C/C=C/Cn1c(NC)nc2cc(C(N)=O)cc(OC/C=C/Cn3cc(N)cn3)c21. The van der Waals surface area contributed by atoms with Crippen LogP contribution in [0, 0.1) is 6.92 Å². The number of fused-ring (bicyclic) bond motifs is 2. The number of amides is 3. The molecule has 0 aliphatic rings. The van der Waals surface area contributed by atoms with E-state index in [4.69, 9.17) is 36.8 Å². The Morgan fingerprint density at radius 1 is 0.847 bits per heavy atom. The minimum atomic E-state index is -0.977. The fourth-order valence-electron chi connectivity index (χ4n) is 6.37. The van der Waals surface area contributed by atoms with E-state index in [2.05, 4.69) is 25.8 Å². The highest BCUT2D eigenvalue weighted by Crippen LogP contribution is 2.33. The molecule has 3 amide bonds. The maximum atomic E-state index is 13.7. The van der Waals surface area contributed by atoms with Crippen LogP contribution in [-0.4, -0.2) is 87.7 Å². The lowest BCUT2D eigenvalue weighted by atomic mass is 10.1. The molecule has 0 atom stereocenters. The number of hydrogen-bond acceptors (Lipinski definition) is 12. The average Bonchev–Trinajstić information content (AvgIpc) is 3.98. The number of carbonyl (C=O) groups is 4. The van der Waals surface area contributed by atoms with Gasteiger partial charge in [-0.2, -0.15) is 10.2 Å². The Hall–Kier alpha value is -7.64. The predicted molar refractivity (Wildman–Crippen MR) is 219 cm³/mol. The molecule has 0 bridgehead atoms. The van der Waals surface area contributed by atoms with Gasteiger partial charge in [-0.05, 0) is 56.7 Å². The van der Waals surface area contributed by atoms with Crippen molar-refractivity contribution in [2.24, 2.45) is 11.5 Å². The highest BCUT2D eigenvalue weighted by atomic mass is 16.5. The Labute approximate surface area is 337 Å². The van der Waals surface area contributed by atoms with Crippen molar-refractivity contribution in [1.29, 1.82) is 0 Å². The Bertz CT molecular complexity index is 2600. The summed E-state index contributed by atoms with van der Waals surface area (Å²) in [7, 11) is 1.72. The molecule has 59 heavy (non-hydrogen) atoms. The first-order valence-corrected chi connectivity index (χ1v) is 18.6. The molecule has 20 nitrogen and oxygen atoms in total. The number of carboxylic acid groups (broad SMARTS) is 1. The number of nitrogens with two attached hydrogens (primary N) is 3. The molecule has 2 aromatic carbocycles. The van der Waals surface area contributed by atoms with E-state index in [9.17, 15) is 19.2 Å². The first kappa shape index (κ1) is 41.0. The largest absolute Gasteiger partial charge is 0.491 e. The number of benzene rings is 2. The minimum absolute atomic E-state index is 0.0267. The number of aryl methyl sites for hydroxylation is 2. The Morgan fingerprint density at radius 2 is 1.46 bits per heavy atom. The van der Waals surface area contributed by atoms with Crippen molar-refractivity contribution in [2.75, 3.05) is 36.6 Å². The van der Waals surface area contributed by atoms with Crippen LogP contribution >= 0.6 is 0 Å². The molecule has 0 aliphatic heterocycles. The summed E-state index contributed by atoms with van der Waals surface area (Å²) in [5, 5.41) is 23.7. The van der Waals surface area contributed by atoms with Crippen LogP contribution in [0.5, 0.6) is 11.5 Å². The number of carbonyl (C=O) groups excluding carboxylic acids is 3. The zero-order valence-corrected chi connectivity index (χ0v) is 32.7. The molecule has 4 aromatic heterocycles. The van der Waals surface area contributed by atoms with Crippen molar-refractivity contribution in [3.63, 3.8) is 0 Å². The van der Waals surface area contributed by atoms with Crippen molar-refractivity contribution in [3.8, 4) is 11.5 Å². The second-order valence-electron chi connectivity index (χ2n) is 13.3. The molecule has 0 unspecified atom stereocenters. The van der Waals surface area contributed by atoms with Crippen LogP contribution < -0.4 is 37.3 Å². The molecule has 4 heterocycles. The number of hydrogen-bond donors (Lipinski definition) is 6. The summed E-state index contributed by atoms with van der Waals surface area (Å²) in [4.78, 5) is 58.8. The Balaban J connectivity index is 1.33. The molecule has 6 aromatic rings. The van der Waals surface area contributed by atoms with E-state index >= 15 is 0 Å². The van der Waals surface area contributed by atoms with Gasteiger partial charge in [0.25, 0.3) is 5.91 Å². The smallest absolute Gasteiger partial charge is 0.303 e. The van der Waals surface area contributed by atoms with Crippen LogP contribution in [0.1, 0.15) is 56.7 Å². The second-order valence-corrected chi connectivity index (χ2v) is 13.3. The maximum absolute atomic E-state index is 13.7. The molecule has 0 aliphatic carbocycles. The van der Waals surface area contributed by atoms with Crippen LogP contribution in [0.25, 0.3) is 22.1 Å². The van der Waals surface area contributed by atoms with E-state index in [1.165, 1.54) is 12.1 Å². The second kappa shape index (κ2) is 18.1. The average molecular weight is 808 g/mol. The number of carboxylic acids is 1. The van der Waals surface area contributed by atoms with Crippen LogP contribution in [0.15, 0.2) is 67.0 Å². The maximum Gasteiger partial charge on any atom is 0.303 e. The van der Waals surface area contributed by atoms with Crippen molar-refractivity contribution in [3.05, 3.63) is 89.5 Å². The molecule has 0 radical (unpaired) electrons. The summed E-state index contributed by atoms with van der Waals surface area (Å²) in [5.74, 6) is -1.55. The molecular formula is C39H45N13O7. The molecule has 0 fully saturated rings. The van der Waals surface area contributed by atoms with Gasteiger partial charge in [0.15, 0.2) is 0 Å². The van der Waals surface area contributed by atoms with Gasteiger partial charge < -0.3 is 46.2 Å². The Morgan fingerprint density at radius 3 is 2.03 bits per heavy atom. The fourth-order valence-corrected chi connectivity index (χ4v) is 6.37. The topological polar surface area (TPSA) is 280 Å². The van der Waals surface area contributed by atoms with Gasteiger partial charge in [-0.15, -0.1) is 0 Å². The summed E-state index contributed by atoms with van der Waals surface area (Å²) in [5.41, 5.74) is 20.8. The number of nitrogens with zero attached hydrogens (tertiary/aromatic N) is 8. The van der Waals surface area contributed by atoms with E-state index in [1.54, 1.807) is 58.5 Å². The van der Waals surface area contributed by atoms with Crippen LogP contribution in [0.2, 0.25) is 0 Å². The summed E-state index contributed by atoms with van der Waals surface area (Å²) < 4.78 is 19.0. The van der Waals surface area contributed by atoms with Crippen molar-refractivity contribution >= 4 is 63.3 Å². The van der Waals surface area contributed by atoms with Gasteiger partial charge in [-0.25, -0.2) is 9.97 Å². The molecule has 0 saturated carbocycles. The number of nitrogens with one attached hydrogen (secondary N) is 2. The standard InChI is InChI=1S/C39H45N13O7/c1-4-52-29(16-23(2)48-52)37(57)47-39-46-28-18-25(36(42)56)20-31(59-15-9-10-32(53)54)34(28)51(39)13-6-5-12-50-33-27(45-38(50)43-3)17-24(35(41)55)19-30(33)58-14-8-7-11-49-22-26(40)21-44-49/h5-8,16-22H,4,9-15,40H2,1-3H3,(H2,41,55)(H2,42,56)(H,43,45)(H,53,54)(H,46,47,57)/b6-5+,8-7+. The van der Waals surface area contributed by atoms with E-state index in [1.807, 2.05) is 35.8 Å². The normalized spacial score (nSPS) is 11.6. The van der Waals surface area contributed by atoms with Gasteiger partial charge in [-0.1, -0.05) is 18.2 Å². The van der Waals surface area contributed by atoms with Gasteiger partial charge in [0.05, 0.1) is 41.8 Å². The first-order chi connectivity index (χ1) is 28.4. The van der Waals surface area contributed by atoms with Crippen molar-refractivity contribution in [1.82, 2.24) is 38.7 Å². The molecular weight excluding hydrogens is 763 g/mol. The number of ether oxygens (including phenoxy) is 2. The number of anilines is 3. The predicted octanol–water partition coefficient (Wildman–Crippen LogP) is 3.32. The summed E-state index contributed by atoms with van der Waals surface area (Å²) in [6, 6.07) is 7.81. The summed E-state index contributed by atoms with van der Waals surface area (Å²) in [6.45, 7) is 5.23. The van der Waals surface area contributed by atoms with Gasteiger partial charge >= 0.3 is 5.97 Å². The number of nitrogen functional groups attached to an aromatic ring is 1. The third kappa shape index (κ3) is 9.50. The number of primary amides is 2. The third-order valence-corrected chi connectivity index (χ3v) is 9.05. The van der Waals surface area contributed by atoms with Crippen LogP contribution in [0.4, 0.5) is 17.6 Å². The molecule has 308 valence electrons. The lowest BCUT2D eigenvalue weighted by Crippen LogP contribution is -2.20. The lowest BCUT2D eigenvalue weighted by Gasteiger charge is -2.13. The van der Waals surface area contributed by atoms with Crippen molar-refractivity contribution in [2.45, 2.75) is 52.9 Å². The van der Waals surface area contributed by atoms with Gasteiger partial charge in [0, 0.05) is 50.4 Å². The zero-order valence-electron chi connectivity index (χ0n) is 32.7. The van der Waals surface area contributed by atoms with E-state index in [0.29, 0.717) is 63.9 Å². The van der Waals surface area contributed by atoms with E-state index < -0.39 is 23.7 Å². The molecule has 0 spiro atoms. The molecule has 20 heteroatoms. The highest BCUT2D eigenvalue weighted by molar-refractivity contribution is 6.04.